The topological polar surface area (TPSA) is 102 Å². The van der Waals surface area contributed by atoms with E-state index >= 15 is 0 Å². The number of hydrogen-bond acceptors (Lipinski definition) is 8. The highest BCUT2D eigenvalue weighted by Crippen LogP contribution is 2.37. The Labute approximate surface area is 218 Å². The van der Waals surface area contributed by atoms with Gasteiger partial charge in [-0.3, -0.25) is 29.9 Å². The van der Waals surface area contributed by atoms with E-state index in [9.17, 15) is 0 Å². The predicted molar refractivity (Wildman–Crippen MR) is 146 cm³/mol. The van der Waals surface area contributed by atoms with E-state index in [1.807, 2.05) is 84.9 Å². The minimum Gasteiger partial charge on any atom is -0.256 e. The molecule has 0 spiro atoms. The fourth-order valence-electron chi connectivity index (χ4n) is 4.07. The van der Waals surface area contributed by atoms with Crippen LogP contribution in [0.5, 0.6) is 0 Å². The molecule has 38 heavy (non-hydrogen) atoms. The zero-order valence-corrected chi connectivity index (χ0v) is 20.1. The molecule has 0 fully saturated rings. The second kappa shape index (κ2) is 10.6. The van der Waals surface area contributed by atoms with Gasteiger partial charge in [-0.1, -0.05) is 12.1 Å². The lowest BCUT2D eigenvalue weighted by Gasteiger charge is -2.10. The molecule has 8 heteroatoms. The SMILES string of the molecule is c1ccc(-c2cccnc2-c2ncccc2N=Nc2cccnc2-c2ncccc2-c2ccccn2)nc1. The average Bonchev–Trinajstić information content (AvgIpc) is 3.01. The van der Waals surface area contributed by atoms with Crippen LogP contribution in [-0.4, -0.2) is 29.9 Å². The molecule has 8 nitrogen and oxygen atoms in total. The Bertz CT molecular complexity index is 1590. The number of azo groups is 1. The lowest BCUT2D eigenvalue weighted by molar-refractivity contribution is 1.16. The summed E-state index contributed by atoms with van der Waals surface area (Å²) in [6, 6.07) is 26.6. The molecule has 0 N–H and O–H groups in total. The van der Waals surface area contributed by atoms with Crippen molar-refractivity contribution in [1.29, 1.82) is 0 Å². The Morgan fingerprint density at radius 1 is 0.342 bits per heavy atom. The molecule has 0 aliphatic rings. The summed E-state index contributed by atoms with van der Waals surface area (Å²) in [7, 11) is 0. The Balaban J connectivity index is 1.42. The standard InChI is InChI=1S/C30H20N8/c1-3-15-31-23(11-1)21-9-5-17-33-27(21)29-25(13-7-19-35-29)37-38-26-14-8-20-36-30(26)28-22(10-6-18-34-28)24-12-2-4-16-32-24/h1-20H. The molecule has 0 radical (unpaired) electrons. The second-order valence-electron chi connectivity index (χ2n) is 8.17. The number of pyridine rings is 6. The van der Waals surface area contributed by atoms with E-state index in [-0.39, 0.29) is 0 Å². The summed E-state index contributed by atoms with van der Waals surface area (Å²) in [5, 5.41) is 9.19. The molecule has 0 bridgehead atoms. The molecule has 0 aromatic carbocycles. The first-order valence-corrected chi connectivity index (χ1v) is 11.9. The zero-order valence-electron chi connectivity index (χ0n) is 20.1. The first-order valence-electron chi connectivity index (χ1n) is 11.9. The smallest absolute Gasteiger partial charge is 0.117 e. The van der Waals surface area contributed by atoms with Crippen LogP contribution in [0.25, 0.3) is 45.3 Å². The number of nitrogens with zero attached hydrogens (tertiary/aromatic N) is 8. The first-order chi connectivity index (χ1) is 18.9. The molecular weight excluding hydrogens is 472 g/mol. The van der Waals surface area contributed by atoms with E-state index in [0.717, 1.165) is 22.5 Å². The van der Waals surface area contributed by atoms with Crippen molar-refractivity contribution in [1.82, 2.24) is 29.9 Å². The van der Waals surface area contributed by atoms with E-state index in [1.54, 1.807) is 37.2 Å². The molecule has 0 saturated carbocycles. The van der Waals surface area contributed by atoms with Crippen LogP contribution in [0.1, 0.15) is 0 Å². The van der Waals surface area contributed by atoms with E-state index in [4.69, 9.17) is 0 Å². The second-order valence-corrected chi connectivity index (χ2v) is 8.17. The van der Waals surface area contributed by atoms with Gasteiger partial charge in [-0.25, -0.2) is 0 Å². The highest BCUT2D eigenvalue weighted by molar-refractivity contribution is 5.83. The van der Waals surface area contributed by atoms with Crippen LogP contribution in [0.3, 0.4) is 0 Å². The zero-order chi connectivity index (χ0) is 25.6. The Hall–Kier alpha value is -5.50. The molecule has 0 aliphatic heterocycles. The molecule has 6 aromatic rings. The van der Waals surface area contributed by atoms with Gasteiger partial charge in [0.25, 0.3) is 0 Å². The van der Waals surface area contributed by atoms with Crippen molar-refractivity contribution >= 4 is 11.4 Å². The van der Waals surface area contributed by atoms with Crippen LogP contribution in [0.2, 0.25) is 0 Å². The van der Waals surface area contributed by atoms with E-state index in [0.29, 0.717) is 34.2 Å². The third kappa shape index (κ3) is 4.66. The van der Waals surface area contributed by atoms with Gasteiger partial charge >= 0.3 is 0 Å². The molecule has 180 valence electrons. The third-order valence-electron chi connectivity index (χ3n) is 5.78. The van der Waals surface area contributed by atoms with Crippen molar-refractivity contribution in [3.63, 3.8) is 0 Å². The molecule has 0 saturated heterocycles. The highest BCUT2D eigenvalue weighted by atomic mass is 15.1. The minimum atomic E-state index is 0.573. The lowest BCUT2D eigenvalue weighted by atomic mass is 10.1. The number of rotatable bonds is 6. The first kappa shape index (κ1) is 22.9. The van der Waals surface area contributed by atoms with Crippen molar-refractivity contribution in [2.24, 2.45) is 10.2 Å². The van der Waals surface area contributed by atoms with Gasteiger partial charge < -0.3 is 0 Å². The number of hydrogen-bond donors (Lipinski definition) is 0. The molecule has 0 amide bonds. The largest absolute Gasteiger partial charge is 0.256 e. The predicted octanol–water partition coefficient (Wildman–Crippen LogP) is 7.14. The molecular formula is C30H20N8. The molecule has 0 aliphatic carbocycles. The molecule has 0 atom stereocenters. The van der Waals surface area contributed by atoms with Crippen molar-refractivity contribution in [2.45, 2.75) is 0 Å². The maximum Gasteiger partial charge on any atom is 0.117 e. The molecule has 6 rings (SSSR count). The van der Waals surface area contributed by atoms with Gasteiger partial charge in [0.15, 0.2) is 0 Å². The summed E-state index contributed by atoms with van der Waals surface area (Å²) in [6.45, 7) is 0. The van der Waals surface area contributed by atoms with Crippen LogP contribution < -0.4 is 0 Å². The Morgan fingerprint density at radius 3 is 1.16 bits per heavy atom. The lowest BCUT2D eigenvalue weighted by Crippen LogP contribution is -1.93. The maximum atomic E-state index is 4.62. The van der Waals surface area contributed by atoms with Gasteiger partial charge in [0, 0.05) is 48.3 Å². The fourth-order valence-corrected chi connectivity index (χ4v) is 4.07. The van der Waals surface area contributed by atoms with Gasteiger partial charge in [-0.2, -0.15) is 0 Å². The summed E-state index contributed by atoms with van der Waals surface area (Å²) in [5.74, 6) is 0. The summed E-state index contributed by atoms with van der Waals surface area (Å²) in [5.41, 5.74) is 7.03. The van der Waals surface area contributed by atoms with Gasteiger partial charge in [-0.05, 0) is 72.8 Å². The van der Waals surface area contributed by atoms with Crippen LogP contribution in [0.15, 0.2) is 132 Å². The minimum absolute atomic E-state index is 0.573. The van der Waals surface area contributed by atoms with Crippen LogP contribution in [0.4, 0.5) is 11.4 Å². The Kier molecular flexibility index (Phi) is 6.42. The van der Waals surface area contributed by atoms with E-state index < -0.39 is 0 Å². The third-order valence-corrected chi connectivity index (χ3v) is 5.78. The van der Waals surface area contributed by atoms with Crippen LogP contribution >= 0.6 is 0 Å². The van der Waals surface area contributed by atoms with Gasteiger partial charge in [0.05, 0.1) is 11.4 Å². The maximum absolute atomic E-state index is 4.62. The molecule has 6 heterocycles. The van der Waals surface area contributed by atoms with Gasteiger partial charge in [0.1, 0.15) is 34.2 Å². The molecule has 0 unspecified atom stereocenters. The fraction of sp³-hybridized carbons (Fsp3) is 0. The van der Waals surface area contributed by atoms with Crippen LogP contribution in [-0.2, 0) is 0 Å². The Morgan fingerprint density at radius 2 is 0.737 bits per heavy atom. The van der Waals surface area contributed by atoms with Crippen LogP contribution in [0, 0.1) is 0 Å². The number of aromatic nitrogens is 6. The van der Waals surface area contributed by atoms with Crippen molar-refractivity contribution in [3.8, 4) is 45.3 Å². The summed E-state index contributed by atoms with van der Waals surface area (Å²) in [4.78, 5) is 27.4. The van der Waals surface area contributed by atoms with E-state index in [2.05, 4.69) is 40.1 Å². The monoisotopic (exact) mass is 492 g/mol. The van der Waals surface area contributed by atoms with E-state index in [1.165, 1.54) is 0 Å². The van der Waals surface area contributed by atoms with Gasteiger partial charge in [0.2, 0.25) is 0 Å². The molecule has 6 aromatic heterocycles. The summed E-state index contributed by atoms with van der Waals surface area (Å²) in [6.07, 6.45) is 10.4. The van der Waals surface area contributed by atoms with Crippen molar-refractivity contribution in [3.05, 3.63) is 122 Å². The average molecular weight is 493 g/mol. The van der Waals surface area contributed by atoms with Crippen molar-refractivity contribution in [2.75, 3.05) is 0 Å². The normalized spacial score (nSPS) is 11.1. The quantitative estimate of drug-likeness (QED) is 0.229. The summed E-state index contributed by atoms with van der Waals surface area (Å²) < 4.78 is 0. The summed E-state index contributed by atoms with van der Waals surface area (Å²) >= 11 is 0. The highest BCUT2D eigenvalue weighted by Gasteiger charge is 2.16. The van der Waals surface area contributed by atoms with Gasteiger partial charge in [-0.15, -0.1) is 10.2 Å². The van der Waals surface area contributed by atoms with Crippen molar-refractivity contribution < 1.29 is 0 Å².